The lowest BCUT2D eigenvalue weighted by molar-refractivity contribution is 0.841. The molecule has 124 valence electrons. The van der Waals surface area contributed by atoms with E-state index in [-0.39, 0.29) is 0 Å². The number of aromatic nitrogens is 1. The first-order valence-corrected chi connectivity index (χ1v) is 8.32. The van der Waals surface area contributed by atoms with Crippen molar-refractivity contribution in [3.05, 3.63) is 90.6 Å². The molecule has 2 aromatic carbocycles. The Morgan fingerprint density at radius 3 is 1.92 bits per heavy atom. The normalized spacial score (nSPS) is 11.0. The summed E-state index contributed by atoms with van der Waals surface area (Å²) in [5.74, 6) is 0. The van der Waals surface area contributed by atoms with E-state index in [2.05, 4.69) is 17.1 Å². The van der Waals surface area contributed by atoms with Crippen LogP contribution in [-0.2, 0) is 5.41 Å². The highest BCUT2D eigenvalue weighted by Crippen LogP contribution is 2.31. The summed E-state index contributed by atoms with van der Waals surface area (Å²) < 4.78 is 0. The Hall–Kier alpha value is -3.69. The Morgan fingerprint density at radius 1 is 0.808 bits per heavy atom. The van der Waals surface area contributed by atoms with E-state index in [0.29, 0.717) is 5.69 Å². The molecule has 3 aromatic rings. The third-order valence-electron chi connectivity index (χ3n) is 4.18. The second kappa shape index (κ2) is 7.47. The molecule has 3 nitrogen and oxygen atoms in total. The van der Waals surface area contributed by atoms with Crippen LogP contribution in [-0.4, -0.2) is 4.98 Å². The van der Waals surface area contributed by atoms with Gasteiger partial charge in [0.1, 0.15) is 0 Å². The summed E-state index contributed by atoms with van der Waals surface area (Å²) in [7, 11) is 0. The average Bonchev–Trinajstić information content (AvgIpc) is 2.73. The first kappa shape index (κ1) is 17.1. The van der Waals surface area contributed by atoms with Crippen molar-refractivity contribution < 1.29 is 0 Å². The number of allylic oxidation sites excluding steroid dienone is 2. The minimum absolute atomic E-state index is 0.431. The lowest BCUT2D eigenvalue weighted by Gasteiger charge is -2.17. The number of nitriles is 2. The van der Waals surface area contributed by atoms with Crippen molar-refractivity contribution >= 4 is 0 Å². The average molecular weight is 335 g/mol. The van der Waals surface area contributed by atoms with Crippen LogP contribution in [0.2, 0.25) is 0 Å². The van der Waals surface area contributed by atoms with Crippen molar-refractivity contribution in [2.45, 2.75) is 12.3 Å². The van der Waals surface area contributed by atoms with Gasteiger partial charge < -0.3 is 0 Å². The zero-order chi connectivity index (χ0) is 18.4. The lowest BCUT2D eigenvalue weighted by Crippen LogP contribution is -2.21. The molecule has 0 saturated heterocycles. The number of hydrogen-bond donors (Lipinski definition) is 0. The maximum absolute atomic E-state index is 9.72. The van der Waals surface area contributed by atoms with E-state index in [9.17, 15) is 10.5 Å². The predicted octanol–water partition coefficient (Wildman–Crippen LogP) is 5.28. The first-order valence-electron chi connectivity index (χ1n) is 8.32. The third kappa shape index (κ3) is 3.24. The van der Waals surface area contributed by atoms with E-state index in [4.69, 9.17) is 0 Å². The number of rotatable bonds is 4. The van der Waals surface area contributed by atoms with Crippen molar-refractivity contribution in [2.24, 2.45) is 0 Å². The second-order valence-electron chi connectivity index (χ2n) is 5.89. The van der Waals surface area contributed by atoms with E-state index in [0.717, 1.165) is 22.4 Å². The van der Waals surface area contributed by atoms with Crippen LogP contribution >= 0.6 is 0 Å². The number of hydrogen-bond acceptors (Lipinski definition) is 3. The zero-order valence-electron chi connectivity index (χ0n) is 14.4. The topological polar surface area (TPSA) is 60.5 Å². The van der Waals surface area contributed by atoms with Crippen molar-refractivity contribution in [3.63, 3.8) is 0 Å². The number of pyridine rings is 1. The maximum Gasteiger partial charge on any atom is 0.203 e. The van der Waals surface area contributed by atoms with E-state index in [1.165, 1.54) is 0 Å². The number of benzene rings is 2. The first-order chi connectivity index (χ1) is 12.7. The predicted molar refractivity (Wildman–Crippen MR) is 103 cm³/mol. The summed E-state index contributed by atoms with van der Waals surface area (Å²) in [5, 5.41) is 19.4. The molecule has 0 aliphatic heterocycles. The third-order valence-corrected chi connectivity index (χ3v) is 4.18. The van der Waals surface area contributed by atoms with E-state index < -0.39 is 5.41 Å². The van der Waals surface area contributed by atoms with Crippen molar-refractivity contribution in [1.82, 2.24) is 4.98 Å². The van der Waals surface area contributed by atoms with Crippen LogP contribution < -0.4 is 0 Å². The summed E-state index contributed by atoms with van der Waals surface area (Å²) in [4.78, 5) is 4.67. The zero-order valence-corrected chi connectivity index (χ0v) is 14.4. The summed E-state index contributed by atoms with van der Waals surface area (Å²) in [6, 6.07) is 27.7. The van der Waals surface area contributed by atoms with Crippen LogP contribution in [0.5, 0.6) is 0 Å². The van der Waals surface area contributed by atoms with Gasteiger partial charge in [-0.25, -0.2) is 4.98 Å². The molecule has 3 rings (SSSR count). The molecule has 3 heteroatoms. The fraction of sp³-hybridized carbons (Fsp3) is 0.0870. The minimum atomic E-state index is -1.41. The molecular formula is C23H17N3. The Morgan fingerprint density at radius 2 is 1.38 bits per heavy atom. The van der Waals surface area contributed by atoms with Crippen LogP contribution in [0.1, 0.15) is 12.6 Å². The molecule has 0 atom stereocenters. The standard InChI is InChI=1S/C23H17N3/c1-2-13-23(16-24,17-25)22-15-20(18-9-5-3-6-10-18)14-21(26-22)19-11-7-4-8-12-19/h2-15H,1H3/b13-2+. The van der Waals surface area contributed by atoms with Crippen molar-refractivity contribution in [2.75, 3.05) is 0 Å². The van der Waals surface area contributed by atoms with Gasteiger partial charge in [-0.1, -0.05) is 66.7 Å². The Labute approximate surface area is 153 Å². The Kier molecular flexibility index (Phi) is 4.92. The van der Waals surface area contributed by atoms with Gasteiger partial charge in [0, 0.05) is 5.56 Å². The lowest BCUT2D eigenvalue weighted by atomic mass is 9.85. The van der Waals surface area contributed by atoms with Gasteiger partial charge in [0.15, 0.2) is 0 Å². The highest BCUT2D eigenvalue weighted by molar-refractivity contribution is 5.72. The molecule has 0 bridgehead atoms. The van der Waals surface area contributed by atoms with E-state index in [1.54, 1.807) is 19.1 Å². The SMILES string of the molecule is C/C=C/C(C#N)(C#N)c1cc(-c2ccccc2)cc(-c2ccccc2)n1. The van der Waals surface area contributed by atoms with Gasteiger partial charge in [-0.05, 0) is 36.3 Å². The van der Waals surface area contributed by atoms with Gasteiger partial charge in [-0.15, -0.1) is 0 Å². The van der Waals surface area contributed by atoms with Crippen LogP contribution in [0, 0.1) is 22.7 Å². The fourth-order valence-electron chi connectivity index (χ4n) is 2.84. The molecule has 1 heterocycles. The molecule has 0 N–H and O–H groups in total. The molecule has 26 heavy (non-hydrogen) atoms. The molecule has 0 amide bonds. The van der Waals surface area contributed by atoms with E-state index in [1.807, 2.05) is 72.8 Å². The summed E-state index contributed by atoms with van der Waals surface area (Å²) >= 11 is 0. The molecule has 1 aromatic heterocycles. The quantitative estimate of drug-likeness (QED) is 0.610. The molecular weight excluding hydrogens is 318 g/mol. The summed E-state index contributed by atoms with van der Waals surface area (Å²) in [6.45, 7) is 1.79. The molecule has 0 unspecified atom stereocenters. The molecule has 0 saturated carbocycles. The van der Waals surface area contributed by atoms with E-state index >= 15 is 0 Å². The van der Waals surface area contributed by atoms with Gasteiger partial charge in [-0.3, -0.25) is 0 Å². The van der Waals surface area contributed by atoms with Gasteiger partial charge >= 0.3 is 0 Å². The van der Waals surface area contributed by atoms with Crippen LogP contribution in [0.3, 0.4) is 0 Å². The fourth-order valence-corrected chi connectivity index (χ4v) is 2.84. The van der Waals surface area contributed by atoms with Crippen LogP contribution in [0.4, 0.5) is 0 Å². The van der Waals surface area contributed by atoms with Crippen molar-refractivity contribution in [1.29, 1.82) is 10.5 Å². The van der Waals surface area contributed by atoms with Gasteiger partial charge in [0.25, 0.3) is 0 Å². The van der Waals surface area contributed by atoms with Gasteiger partial charge in [0.2, 0.25) is 5.41 Å². The maximum atomic E-state index is 9.72. The van der Waals surface area contributed by atoms with Crippen LogP contribution in [0.15, 0.2) is 84.9 Å². The smallest absolute Gasteiger partial charge is 0.203 e. The highest BCUT2D eigenvalue weighted by atomic mass is 14.7. The summed E-state index contributed by atoms with van der Waals surface area (Å²) in [6.07, 6.45) is 3.31. The minimum Gasteiger partial charge on any atom is -0.250 e. The summed E-state index contributed by atoms with van der Waals surface area (Å²) in [5.41, 5.74) is 2.63. The van der Waals surface area contributed by atoms with Gasteiger partial charge in [-0.2, -0.15) is 10.5 Å². The largest absolute Gasteiger partial charge is 0.250 e. The number of nitrogens with zero attached hydrogens (tertiary/aromatic N) is 3. The highest BCUT2D eigenvalue weighted by Gasteiger charge is 2.32. The molecule has 0 spiro atoms. The molecule has 0 radical (unpaired) electrons. The Bertz CT molecular complexity index is 935. The van der Waals surface area contributed by atoms with Gasteiger partial charge in [0.05, 0.1) is 23.5 Å². The Balaban J connectivity index is 2.29. The second-order valence-corrected chi connectivity index (χ2v) is 5.89. The molecule has 0 aliphatic carbocycles. The molecule has 0 fully saturated rings. The molecule has 0 aliphatic rings. The monoisotopic (exact) mass is 335 g/mol. The van der Waals surface area contributed by atoms with Crippen molar-refractivity contribution in [3.8, 4) is 34.5 Å². The van der Waals surface area contributed by atoms with Crippen LogP contribution in [0.25, 0.3) is 22.4 Å².